The Kier molecular flexibility index (Phi) is 11.1. The van der Waals surface area contributed by atoms with Crippen molar-refractivity contribution in [2.45, 2.75) is 49.5 Å². The molecule has 1 saturated heterocycles. The number of thioether (sulfide) groups is 1. The molecule has 41 heavy (non-hydrogen) atoms. The number of rotatable bonds is 15. The first-order chi connectivity index (χ1) is 18.9. The number of aliphatic hydroxyl groups is 2. The quantitative estimate of drug-likeness (QED) is 0.0742. The number of ether oxygens (including phenoxy) is 1. The van der Waals surface area contributed by atoms with Crippen molar-refractivity contribution in [3.05, 3.63) is 12.7 Å². The van der Waals surface area contributed by atoms with Crippen LogP contribution < -0.4 is 16.3 Å². The summed E-state index contributed by atoms with van der Waals surface area (Å²) in [4.78, 5) is 60.9. The third-order valence-electron chi connectivity index (χ3n) is 5.44. The van der Waals surface area contributed by atoms with Crippen molar-refractivity contribution in [1.82, 2.24) is 24.4 Å². The number of nitrogens with one attached hydrogen (secondary N) is 1. The van der Waals surface area contributed by atoms with Crippen LogP contribution in [0.1, 0.15) is 19.1 Å². The zero-order valence-electron chi connectivity index (χ0n) is 20.6. The Morgan fingerprint density at radius 3 is 2.49 bits per heavy atom. The van der Waals surface area contributed by atoms with E-state index in [9.17, 15) is 38.5 Å². The molecule has 12 N–H and O–H groups in total. The van der Waals surface area contributed by atoms with Crippen LogP contribution in [-0.4, -0.2) is 102 Å². The largest absolute Gasteiger partial charge is 0.480 e. The zero-order chi connectivity index (χ0) is 30.8. The van der Waals surface area contributed by atoms with E-state index in [2.05, 4.69) is 19.3 Å². The molecule has 25 heteroatoms. The topological polar surface area (TPSA) is 345 Å². The van der Waals surface area contributed by atoms with Crippen LogP contribution in [0.25, 0.3) is 11.2 Å². The number of aromatic nitrogens is 4. The summed E-state index contributed by atoms with van der Waals surface area (Å²) in [6.07, 6.45) is -5.24. The van der Waals surface area contributed by atoms with Crippen molar-refractivity contribution in [3.8, 4) is 0 Å². The van der Waals surface area contributed by atoms with Crippen molar-refractivity contribution >= 4 is 58.0 Å². The SMILES string of the molecule is Nc1ncnc2c1ncn2[C@@H]1O[C@H](CC(CSCC[C@H](N)C(=O)O)OP(=O)(O)OP(=O)(O)NP(=O)(O)O)[C@@H](O)[C@H]1O. The lowest BCUT2D eigenvalue weighted by molar-refractivity contribution is -0.138. The maximum atomic E-state index is 12.5. The molecular formula is C16H28N7O14P3S. The molecule has 21 nitrogen and oxygen atoms in total. The van der Waals surface area contributed by atoms with E-state index in [4.69, 9.17) is 35.6 Å². The fourth-order valence-electron chi connectivity index (χ4n) is 3.69. The van der Waals surface area contributed by atoms with Crippen LogP contribution in [-0.2, 0) is 32.1 Å². The van der Waals surface area contributed by atoms with Crippen LogP contribution in [0.3, 0.4) is 0 Å². The number of carboxylic acids is 1. The number of fused-ring (bicyclic) bond motifs is 1. The zero-order valence-corrected chi connectivity index (χ0v) is 24.1. The number of nitrogen functional groups attached to an aromatic ring is 1. The summed E-state index contributed by atoms with van der Waals surface area (Å²) < 4.78 is 51.4. The van der Waals surface area contributed by atoms with Gasteiger partial charge in [-0.3, -0.25) is 13.9 Å². The molecule has 1 aliphatic heterocycles. The van der Waals surface area contributed by atoms with Gasteiger partial charge < -0.3 is 51.1 Å². The van der Waals surface area contributed by atoms with E-state index in [1.54, 1.807) is 0 Å². The molecule has 0 aliphatic carbocycles. The average molecular weight is 667 g/mol. The molecule has 3 heterocycles. The molecule has 0 amide bonds. The number of hydrogen-bond acceptors (Lipinski definition) is 15. The van der Waals surface area contributed by atoms with Gasteiger partial charge in [0.2, 0.25) is 0 Å². The fourth-order valence-corrected chi connectivity index (χ4v) is 8.45. The van der Waals surface area contributed by atoms with Crippen LogP contribution in [0.4, 0.5) is 5.82 Å². The number of nitrogens with zero attached hydrogens (tertiary/aromatic N) is 4. The van der Waals surface area contributed by atoms with E-state index < -0.39 is 72.4 Å². The summed E-state index contributed by atoms with van der Waals surface area (Å²) in [7, 11) is -16.5. The van der Waals surface area contributed by atoms with E-state index >= 15 is 0 Å². The predicted octanol–water partition coefficient (Wildman–Crippen LogP) is -1.76. The third-order valence-corrected chi connectivity index (χ3v) is 10.9. The highest BCUT2D eigenvalue weighted by atomic mass is 32.2. The standard InChI is InChI=1S/C16H28N7O14P3S/c17-8(16(26)27)1-2-41-4-7(36-40(33,34)37-39(31,32)22-38(28,29)30)3-9-11(24)12(25)15(35-9)23-6-21-10-13(18)19-5-20-14(10)23/h5-9,11-12,15,24-25H,1-4,17H2,(H,26,27)(H,33,34)(H2,18,19,20)(H4,22,28,29,30,31,32)/t7?,8-,9+,11+,12+,15+/m0/s1. The minimum absolute atomic E-state index is 0.0138. The van der Waals surface area contributed by atoms with E-state index in [1.807, 2.05) is 0 Å². The number of aliphatic carboxylic acids is 1. The first kappa shape index (κ1) is 33.9. The molecule has 2 aromatic heterocycles. The fraction of sp³-hybridized carbons (Fsp3) is 0.625. The van der Waals surface area contributed by atoms with Gasteiger partial charge in [0, 0.05) is 12.2 Å². The number of anilines is 1. The van der Waals surface area contributed by atoms with Gasteiger partial charge in [0.05, 0.1) is 18.5 Å². The molecule has 3 rings (SSSR count). The molecule has 8 atom stereocenters. The molecule has 3 unspecified atom stereocenters. The normalized spacial score (nSPS) is 25.9. The van der Waals surface area contributed by atoms with Crippen molar-refractivity contribution in [2.24, 2.45) is 5.73 Å². The molecular weight excluding hydrogens is 639 g/mol. The number of phosphoric acid groups is 1. The molecule has 0 saturated carbocycles. The smallest absolute Gasteiger partial charge is 0.480 e. The molecule has 1 fully saturated rings. The maximum absolute atomic E-state index is 12.5. The van der Waals surface area contributed by atoms with Crippen molar-refractivity contribution in [3.63, 3.8) is 0 Å². The van der Waals surface area contributed by atoms with Gasteiger partial charge in [0.25, 0.3) is 0 Å². The number of aliphatic hydroxyl groups excluding tert-OH is 2. The Labute approximate surface area is 234 Å². The van der Waals surface area contributed by atoms with Crippen molar-refractivity contribution < 1.29 is 67.0 Å². The molecule has 0 spiro atoms. The molecule has 0 radical (unpaired) electrons. The van der Waals surface area contributed by atoms with Gasteiger partial charge >= 0.3 is 29.3 Å². The highest BCUT2D eigenvalue weighted by molar-refractivity contribution is 7.99. The summed E-state index contributed by atoms with van der Waals surface area (Å²) in [6.45, 7) is 0. The lowest BCUT2D eigenvalue weighted by Gasteiger charge is -2.25. The van der Waals surface area contributed by atoms with E-state index in [-0.39, 0.29) is 34.9 Å². The van der Waals surface area contributed by atoms with Gasteiger partial charge in [-0.05, 0) is 12.2 Å². The molecule has 1 aliphatic rings. The molecule has 232 valence electrons. The highest BCUT2D eigenvalue weighted by Gasteiger charge is 2.47. The Morgan fingerprint density at radius 2 is 1.85 bits per heavy atom. The van der Waals surface area contributed by atoms with Crippen LogP contribution in [0.15, 0.2) is 12.7 Å². The summed E-state index contributed by atoms with van der Waals surface area (Å²) in [5.74, 6) is -1.32. The van der Waals surface area contributed by atoms with Gasteiger partial charge in [0.1, 0.15) is 30.1 Å². The van der Waals surface area contributed by atoms with Gasteiger partial charge in [-0.25, -0.2) is 28.6 Å². The van der Waals surface area contributed by atoms with Crippen molar-refractivity contribution in [2.75, 3.05) is 17.2 Å². The summed E-state index contributed by atoms with van der Waals surface area (Å²) in [5, 5.41) is 30.2. The molecule has 2 aromatic rings. The third kappa shape index (κ3) is 9.45. The van der Waals surface area contributed by atoms with E-state index in [1.165, 1.54) is 10.9 Å². The monoisotopic (exact) mass is 667 g/mol. The average Bonchev–Trinajstić information content (AvgIpc) is 3.36. The number of nitrogens with two attached hydrogens (primary N) is 2. The van der Waals surface area contributed by atoms with Gasteiger partial charge in [-0.1, -0.05) is 0 Å². The minimum atomic E-state index is -5.57. The van der Waals surface area contributed by atoms with Gasteiger partial charge in [-0.15, -0.1) is 4.86 Å². The lowest BCUT2D eigenvalue weighted by atomic mass is 10.1. The van der Waals surface area contributed by atoms with Gasteiger partial charge in [-0.2, -0.15) is 16.1 Å². The summed E-state index contributed by atoms with van der Waals surface area (Å²) in [6, 6.07) is -1.20. The number of phosphoric ester groups is 1. The highest BCUT2D eigenvalue weighted by Crippen LogP contribution is 2.62. The number of carboxylic acid groups (broad SMARTS) is 1. The van der Waals surface area contributed by atoms with Crippen LogP contribution >= 0.6 is 35.1 Å². The van der Waals surface area contributed by atoms with Crippen LogP contribution in [0.5, 0.6) is 0 Å². The molecule has 0 aromatic carbocycles. The first-order valence-electron chi connectivity index (χ1n) is 11.3. The van der Waals surface area contributed by atoms with E-state index in [0.29, 0.717) is 0 Å². The minimum Gasteiger partial charge on any atom is -0.480 e. The maximum Gasteiger partial charge on any atom is 0.480 e. The Bertz CT molecular complexity index is 1380. The van der Waals surface area contributed by atoms with Crippen molar-refractivity contribution in [1.29, 1.82) is 0 Å². The summed E-state index contributed by atoms with van der Waals surface area (Å²) in [5.41, 5.74) is 11.6. The van der Waals surface area contributed by atoms with Gasteiger partial charge in [0.15, 0.2) is 17.7 Å². The van der Waals surface area contributed by atoms with E-state index in [0.717, 1.165) is 22.9 Å². The lowest BCUT2D eigenvalue weighted by Crippen LogP contribution is -2.34. The molecule has 0 bridgehead atoms. The number of carbonyl (C=O) groups is 1. The summed E-state index contributed by atoms with van der Waals surface area (Å²) >= 11 is 0.990. The predicted molar refractivity (Wildman–Crippen MR) is 139 cm³/mol. The second-order valence-electron chi connectivity index (χ2n) is 8.62. The Morgan fingerprint density at radius 1 is 1.17 bits per heavy atom. The number of imidazole rings is 1. The second-order valence-corrected chi connectivity index (χ2v) is 14.5. The van der Waals surface area contributed by atoms with Crippen LogP contribution in [0, 0.1) is 0 Å². The second kappa shape index (κ2) is 13.4. The first-order valence-corrected chi connectivity index (χ1v) is 17.1. The number of hydrogen-bond donors (Lipinski definition) is 10. The Hall–Kier alpha value is -1.58. The Balaban J connectivity index is 1.76. The van der Waals surface area contributed by atoms with Crippen LogP contribution in [0.2, 0.25) is 0 Å².